The minimum Gasteiger partial charge on any atom is -0.362 e. The minimum atomic E-state index is -0.600. The first-order valence-corrected chi connectivity index (χ1v) is 9.84. The lowest BCUT2D eigenvalue weighted by Gasteiger charge is -2.42. The van der Waals surface area contributed by atoms with E-state index in [0.29, 0.717) is 35.1 Å². The third kappa shape index (κ3) is 3.75. The Morgan fingerprint density at radius 3 is 2.59 bits per heavy atom. The lowest BCUT2D eigenvalue weighted by atomic mass is 9.79. The van der Waals surface area contributed by atoms with E-state index in [2.05, 4.69) is 34.4 Å². The first-order valence-electron chi connectivity index (χ1n) is 9.84. The number of carbonyl (C=O) groups excluding carboxylic acids is 1. The van der Waals surface area contributed by atoms with Gasteiger partial charge < -0.3 is 15.6 Å². The van der Waals surface area contributed by atoms with Crippen molar-refractivity contribution < 1.29 is 4.79 Å². The summed E-state index contributed by atoms with van der Waals surface area (Å²) < 4.78 is 0. The summed E-state index contributed by atoms with van der Waals surface area (Å²) in [4.78, 5) is 32.6. The molecule has 1 atom stereocenters. The van der Waals surface area contributed by atoms with Gasteiger partial charge in [0.1, 0.15) is 11.5 Å². The second kappa shape index (κ2) is 6.72. The van der Waals surface area contributed by atoms with Crippen molar-refractivity contribution >= 4 is 22.5 Å². The maximum absolute atomic E-state index is 12.7. The molecule has 1 aliphatic rings. The van der Waals surface area contributed by atoms with Crippen molar-refractivity contribution in [3.8, 4) is 0 Å². The molecular formula is C23H26N4O2. The van der Waals surface area contributed by atoms with Crippen LogP contribution in [0.2, 0.25) is 0 Å². The summed E-state index contributed by atoms with van der Waals surface area (Å²) in [5.74, 6) is 0.582. The zero-order chi connectivity index (χ0) is 20.8. The molecule has 0 saturated carbocycles. The average molecular weight is 390 g/mol. The van der Waals surface area contributed by atoms with Crippen LogP contribution in [0.1, 0.15) is 48.9 Å². The highest BCUT2D eigenvalue weighted by Gasteiger charge is 2.38. The number of nitrogens with one attached hydrogen (secondary N) is 3. The zero-order valence-electron chi connectivity index (χ0n) is 17.2. The van der Waals surface area contributed by atoms with Crippen LogP contribution in [0, 0.1) is 12.3 Å². The predicted molar refractivity (Wildman–Crippen MR) is 115 cm³/mol. The van der Waals surface area contributed by atoms with E-state index in [1.807, 2.05) is 50.2 Å². The van der Waals surface area contributed by atoms with E-state index in [0.717, 1.165) is 11.3 Å². The van der Waals surface area contributed by atoms with Gasteiger partial charge in [0.25, 0.3) is 11.5 Å². The van der Waals surface area contributed by atoms with Crippen molar-refractivity contribution in [2.45, 2.75) is 46.2 Å². The molecule has 0 bridgehead atoms. The Morgan fingerprint density at radius 1 is 1.03 bits per heavy atom. The molecular weight excluding hydrogens is 364 g/mol. The number of rotatable bonds is 4. The quantitative estimate of drug-likeness (QED) is 0.633. The third-order valence-electron chi connectivity index (χ3n) is 5.45. The molecule has 29 heavy (non-hydrogen) atoms. The summed E-state index contributed by atoms with van der Waals surface area (Å²) in [6.45, 7) is 8.24. The Kier molecular flexibility index (Phi) is 4.45. The van der Waals surface area contributed by atoms with Gasteiger partial charge in [0.2, 0.25) is 0 Å². The molecule has 4 rings (SSSR count). The number of aryl methyl sites for hydroxylation is 1. The molecule has 2 heterocycles. The van der Waals surface area contributed by atoms with Crippen LogP contribution in [0.25, 0.3) is 10.9 Å². The number of amides is 1. The zero-order valence-corrected chi connectivity index (χ0v) is 17.2. The van der Waals surface area contributed by atoms with E-state index in [1.54, 1.807) is 6.07 Å². The number of nitrogens with zero attached hydrogens (tertiary/aromatic N) is 1. The van der Waals surface area contributed by atoms with Gasteiger partial charge in [0, 0.05) is 6.42 Å². The number of aromatic amines is 1. The Balaban J connectivity index is 1.60. The predicted octanol–water partition coefficient (Wildman–Crippen LogP) is 3.76. The molecule has 1 aliphatic heterocycles. The second-order valence-corrected chi connectivity index (χ2v) is 8.96. The number of H-pyrrole nitrogens is 1. The van der Waals surface area contributed by atoms with Crippen LogP contribution in [-0.2, 0) is 6.42 Å². The topological polar surface area (TPSA) is 86.9 Å². The molecule has 1 aromatic heterocycles. The molecule has 150 valence electrons. The molecule has 0 radical (unpaired) electrons. The maximum Gasteiger partial charge on any atom is 0.258 e. The van der Waals surface area contributed by atoms with Gasteiger partial charge >= 0.3 is 0 Å². The normalized spacial score (nSPS) is 18.8. The summed E-state index contributed by atoms with van der Waals surface area (Å²) in [5.41, 5.74) is 2.34. The number of aromatic nitrogens is 2. The van der Waals surface area contributed by atoms with Crippen LogP contribution in [-0.4, -0.2) is 21.5 Å². The Bertz CT molecular complexity index is 1160. The summed E-state index contributed by atoms with van der Waals surface area (Å²) >= 11 is 0. The number of benzene rings is 2. The second-order valence-electron chi connectivity index (χ2n) is 8.96. The summed E-state index contributed by atoms with van der Waals surface area (Å²) in [5, 5.41) is 7.24. The van der Waals surface area contributed by atoms with Crippen LogP contribution in [0.15, 0.2) is 47.3 Å². The largest absolute Gasteiger partial charge is 0.362 e. The van der Waals surface area contributed by atoms with Crippen LogP contribution in [0.3, 0.4) is 0 Å². The van der Waals surface area contributed by atoms with E-state index >= 15 is 0 Å². The van der Waals surface area contributed by atoms with Crippen molar-refractivity contribution in [3.05, 3.63) is 69.8 Å². The molecule has 0 fully saturated rings. The molecule has 6 nitrogen and oxygen atoms in total. The Labute approximate surface area is 169 Å². The van der Waals surface area contributed by atoms with E-state index in [9.17, 15) is 9.59 Å². The van der Waals surface area contributed by atoms with Crippen LogP contribution >= 0.6 is 0 Å². The van der Waals surface area contributed by atoms with Crippen LogP contribution in [0.5, 0.6) is 0 Å². The third-order valence-corrected chi connectivity index (χ3v) is 5.45. The number of carbonyl (C=O) groups is 1. The maximum atomic E-state index is 12.7. The highest BCUT2D eigenvalue weighted by atomic mass is 16.2. The number of hydrogen-bond acceptors (Lipinski definition) is 4. The highest BCUT2D eigenvalue weighted by Crippen LogP contribution is 2.36. The fourth-order valence-corrected chi connectivity index (χ4v) is 4.43. The van der Waals surface area contributed by atoms with E-state index in [1.165, 1.54) is 0 Å². The van der Waals surface area contributed by atoms with Gasteiger partial charge in [0.05, 0.1) is 22.2 Å². The number of anilines is 1. The van der Waals surface area contributed by atoms with Gasteiger partial charge in [-0.2, -0.15) is 0 Å². The first-order chi connectivity index (χ1) is 13.7. The van der Waals surface area contributed by atoms with Crippen molar-refractivity contribution in [1.82, 2.24) is 15.3 Å². The molecule has 0 spiro atoms. The summed E-state index contributed by atoms with van der Waals surface area (Å²) in [6.07, 6.45) is 1.25. The van der Waals surface area contributed by atoms with E-state index in [-0.39, 0.29) is 16.9 Å². The lowest BCUT2D eigenvalue weighted by Crippen LogP contribution is -2.57. The standard InChI is InChI=1S/C23H26N4O2/c1-14-8-7-10-16-19(14)26-23(4,27-21(16)29)13-22(2,3)12-18-24-17-11-6-5-9-15(17)20(28)25-18/h5-11,26H,12-13H2,1-4H3,(H,27,29)(H,24,25,28). The number of hydrogen-bond donors (Lipinski definition) is 3. The van der Waals surface area contributed by atoms with Gasteiger partial charge in [-0.25, -0.2) is 4.98 Å². The van der Waals surface area contributed by atoms with E-state index in [4.69, 9.17) is 0 Å². The smallest absolute Gasteiger partial charge is 0.258 e. The van der Waals surface area contributed by atoms with E-state index < -0.39 is 5.66 Å². The van der Waals surface area contributed by atoms with Gasteiger partial charge in [-0.1, -0.05) is 38.1 Å². The van der Waals surface area contributed by atoms with Gasteiger partial charge in [-0.3, -0.25) is 9.59 Å². The van der Waals surface area contributed by atoms with Crippen molar-refractivity contribution in [3.63, 3.8) is 0 Å². The van der Waals surface area contributed by atoms with Gasteiger partial charge in [-0.05, 0) is 49.4 Å². The monoisotopic (exact) mass is 390 g/mol. The molecule has 3 aromatic rings. The van der Waals surface area contributed by atoms with Crippen LogP contribution in [0.4, 0.5) is 5.69 Å². The molecule has 3 N–H and O–H groups in total. The fraction of sp³-hybridized carbons (Fsp3) is 0.348. The van der Waals surface area contributed by atoms with Crippen LogP contribution < -0.4 is 16.2 Å². The molecule has 0 aliphatic carbocycles. The number of fused-ring (bicyclic) bond motifs is 2. The molecule has 1 unspecified atom stereocenters. The highest BCUT2D eigenvalue weighted by molar-refractivity contribution is 6.02. The lowest BCUT2D eigenvalue weighted by molar-refractivity contribution is 0.0880. The molecule has 2 aromatic carbocycles. The van der Waals surface area contributed by atoms with Crippen molar-refractivity contribution in [1.29, 1.82) is 0 Å². The summed E-state index contributed by atoms with van der Waals surface area (Å²) in [7, 11) is 0. The number of para-hydroxylation sites is 2. The van der Waals surface area contributed by atoms with Gasteiger partial charge in [0.15, 0.2) is 0 Å². The van der Waals surface area contributed by atoms with Crippen molar-refractivity contribution in [2.24, 2.45) is 5.41 Å². The first kappa shape index (κ1) is 19.2. The summed E-state index contributed by atoms with van der Waals surface area (Å²) in [6, 6.07) is 13.1. The fourth-order valence-electron chi connectivity index (χ4n) is 4.43. The average Bonchev–Trinajstić information content (AvgIpc) is 2.61. The van der Waals surface area contributed by atoms with Crippen molar-refractivity contribution in [2.75, 3.05) is 5.32 Å². The Morgan fingerprint density at radius 2 is 1.79 bits per heavy atom. The van der Waals surface area contributed by atoms with Gasteiger partial charge in [-0.15, -0.1) is 0 Å². The SMILES string of the molecule is Cc1cccc2c1NC(C)(CC(C)(C)Cc1nc3ccccc3c(=O)[nH]1)NC2=O. The Hall–Kier alpha value is -3.15. The minimum absolute atomic E-state index is 0.0713. The molecule has 6 heteroatoms. The molecule has 0 saturated heterocycles. The molecule has 1 amide bonds.